The molecule has 4 atom stereocenters. The Labute approximate surface area is 126 Å². The van der Waals surface area contributed by atoms with Crippen LogP contribution in [0.25, 0.3) is 0 Å². The van der Waals surface area contributed by atoms with E-state index in [-0.39, 0.29) is 12.0 Å². The fourth-order valence-electron chi connectivity index (χ4n) is 4.08. The Morgan fingerprint density at radius 2 is 1.95 bits per heavy atom. The number of rotatable bonds is 3. The molecule has 0 amide bonds. The summed E-state index contributed by atoms with van der Waals surface area (Å²) in [5.74, 6) is 1.12. The fraction of sp³-hybridized carbons (Fsp3) is 0.588. The van der Waals surface area contributed by atoms with Gasteiger partial charge in [0.15, 0.2) is 0 Å². The van der Waals surface area contributed by atoms with Crippen LogP contribution in [0.1, 0.15) is 18.5 Å². The van der Waals surface area contributed by atoms with E-state index in [1.165, 1.54) is 12.7 Å². The number of methoxy groups -OCH3 is 1. The summed E-state index contributed by atoms with van der Waals surface area (Å²) in [6, 6.07) is 11.1. The van der Waals surface area contributed by atoms with Gasteiger partial charge in [0.05, 0.1) is 7.11 Å². The van der Waals surface area contributed by atoms with Gasteiger partial charge in [-0.2, -0.15) is 0 Å². The van der Waals surface area contributed by atoms with E-state index in [4.69, 9.17) is 4.74 Å². The van der Waals surface area contributed by atoms with Crippen molar-refractivity contribution in [1.82, 2.24) is 9.80 Å². The second-order valence-electron chi connectivity index (χ2n) is 6.37. The molecule has 0 unspecified atom stereocenters. The zero-order valence-corrected chi connectivity index (χ0v) is 13.0. The summed E-state index contributed by atoms with van der Waals surface area (Å²) in [7, 11) is 3.68. The third-order valence-corrected chi connectivity index (χ3v) is 5.15. The number of likely N-dealkylation sites (tertiary alicyclic amines) is 2. The van der Waals surface area contributed by atoms with E-state index in [1.54, 1.807) is 0 Å². The van der Waals surface area contributed by atoms with Gasteiger partial charge in [0.2, 0.25) is 0 Å². The maximum atomic E-state index is 11.8. The van der Waals surface area contributed by atoms with Gasteiger partial charge < -0.3 is 4.74 Å². The zero-order valence-electron chi connectivity index (χ0n) is 13.0. The second-order valence-corrected chi connectivity index (χ2v) is 6.37. The normalized spacial score (nSPS) is 31.1. The van der Waals surface area contributed by atoms with Crippen LogP contribution in [0.15, 0.2) is 30.3 Å². The Morgan fingerprint density at radius 1 is 1.24 bits per heavy atom. The van der Waals surface area contributed by atoms with Crippen molar-refractivity contribution in [3.63, 3.8) is 0 Å². The van der Waals surface area contributed by atoms with Crippen LogP contribution >= 0.6 is 0 Å². The predicted octanol–water partition coefficient (Wildman–Crippen LogP) is 1.78. The summed E-state index contributed by atoms with van der Waals surface area (Å²) in [5, 5.41) is 0. The molecule has 4 heteroatoms. The summed E-state index contributed by atoms with van der Waals surface area (Å²) in [6.45, 7) is 5.03. The maximum Gasteiger partial charge on any atom is 0.322 e. The first-order valence-corrected chi connectivity index (χ1v) is 7.69. The van der Waals surface area contributed by atoms with Crippen LogP contribution in [0.5, 0.6) is 0 Å². The first-order valence-electron chi connectivity index (χ1n) is 7.69. The Kier molecular flexibility index (Phi) is 4.00. The molecule has 0 aromatic heterocycles. The molecule has 2 heterocycles. The van der Waals surface area contributed by atoms with E-state index >= 15 is 0 Å². The Bertz CT molecular complexity index is 505. The molecule has 1 aromatic rings. The molecule has 0 radical (unpaired) electrons. The first kappa shape index (κ1) is 14.5. The molecule has 2 aliphatic rings. The lowest BCUT2D eigenvalue weighted by Crippen LogP contribution is -2.40. The molecule has 2 aliphatic heterocycles. The van der Waals surface area contributed by atoms with Gasteiger partial charge in [0.25, 0.3) is 0 Å². The zero-order chi connectivity index (χ0) is 15.0. The minimum absolute atomic E-state index is 0.125. The summed E-state index contributed by atoms with van der Waals surface area (Å²) in [4.78, 5) is 16.5. The van der Waals surface area contributed by atoms with Gasteiger partial charge >= 0.3 is 5.97 Å². The summed E-state index contributed by atoms with van der Waals surface area (Å²) < 4.78 is 4.89. The highest BCUT2D eigenvalue weighted by atomic mass is 16.5. The molecule has 2 fully saturated rings. The van der Waals surface area contributed by atoms with Crippen LogP contribution in [0.4, 0.5) is 0 Å². The number of hydrogen-bond acceptors (Lipinski definition) is 4. The Balaban J connectivity index is 1.76. The molecule has 4 nitrogen and oxygen atoms in total. The average Bonchev–Trinajstić information content (AvgIpc) is 3.02. The van der Waals surface area contributed by atoms with Crippen molar-refractivity contribution in [2.75, 3.05) is 33.8 Å². The summed E-state index contributed by atoms with van der Waals surface area (Å²) in [6.07, 6.45) is 0. The topological polar surface area (TPSA) is 32.8 Å². The van der Waals surface area contributed by atoms with E-state index in [0.29, 0.717) is 17.9 Å². The highest BCUT2D eigenvalue weighted by molar-refractivity contribution is 5.75. The van der Waals surface area contributed by atoms with Crippen molar-refractivity contribution in [2.45, 2.75) is 19.0 Å². The van der Waals surface area contributed by atoms with Crippen LogP contribution in [0, 0.1) is 11.8 Å². The molecule has 2 saturated heterocycles. The molecule has 0 N–H and O–H groups in total. The van der Waals surface area contributed by atoms with Gasteiger partial charge in [-0.15, -0.1) is 0 Å². The number of esters is 1. The third-order valence-electron chi connectivity index (χ3n) is 5.15. The molecule has 114 valence electrons. The van der Waals surface area contributed by atoms with Gasteiger partial charge in [-0.3, -0.25) is 14.6 Å². The van der Waals surface area contributed by atoms with Crippen LogP contribution in [-0.2, 0) is 9.53 Å². The van der Waals surface area contributed by atoms with E-state index in [9.17, 15) is 4.79 Å². The summed E-state index contributed by atoms with van der Waals surface area (Å²) >= 11 is 0. The quantitative estimate of drug-likeness (QED) is 0.794. The van der Waals surface area contributed by atoms with Crippen molar-refractivity contribution in [3.05, 3.63) is 35.9 Å². The van der Waals surface area contributed by atoms with Crippen LogP contribution < -0.4 is 0 Å². The van der Waals surface area contributed by atoms with Gasteiger partial charge in [-0.05, 0) is 31.4 Å². The van der Waals surface area contributed by atoms with Crippen molar-refractivity contribution in [3.8, 4) is 0 Å². The van der Waals surface area contributed by atoms with E-state index in [0.717, 1.165) is 19.6 Å². The average molecular weight is 288 g/mol. The van der Waals surface area contributed by atoms with Crippen molar-refractivity contribution in [1.29, 1.82) is 0 Å². The number of nitrogens with zero attached hydrogens (tertiary/aromatic N) is 2. The molecule has 0 bridgehead atoms. The number of carbonyl (C=O) groups is 1. The first-order chi connectivity index (χ1) is 10.1. The lowest BCUT2D eigenvalue weighted by molar-refractivity contribution is -0.146. The number of hydrogen-bond donors (Lipinski definition) is 0. The van der Waals surface area contributed by atoms with E-state index < -0.39 is 0 Å². The minimum atomic E-state index is -0.137. The molecule has 3 rings (SSSR count). The standard InChI is InChI=1S/C17H24N2O2/c1-12(17(20)21-3)19-10-14-9-18(2)16(15(14)11-19)13-7-5-4-6-8-13/h4-8,12,14-16H,9-11H2,1-3H3/t12-,14-,15-,16-/m0/s1. The van der Waals surface area contributed by atoms with Gasteiger partial charge in [0, 0.05) is 25.7 Å². The monoisotopic (exact) mass is 288 g/mol. The SMILES string of the molecule is COC(=O)[C@H](C)N1C[C@@H]2CN(C)[C@@H](c3ccccc3)[C@H]2C1. The maximum absolute atomic E-state index is 11.8. The highest BCUT2D eigenvalue weighted by Crippen LogP contribution is 2.44. The number of ether oxygens (including phenoxy) is 1. The summed E-state index contributed by atoms with van der Waals surface area (Å²) in [5.41, 5.74) is 1.39. The van der Waals surface area contributed by atoms with Crippen molar-refractivity contribution < 1.29 is 9.53 Å². The van der Waals surface area contributed by atoms with Crippen LogP contribution in [0.2, 0.25) is 0 Å². The smallest absolute Gasteiger partial charge is 0.322 e. The van der Waals surface area contributed by atoms with Crippen molar-refractivity contribution in [2.24, 2.45) is 11.8 Å². The Hall–Kier alpha value is -1.39. The van der Waals surface area contributed by atoms with Gasteiger partial charge in [-0.25, -0.2) is 0 Å². The predicted molar refractivity (Wildman–Crippen MR) is 81.8 cm³/mol. The minimum Gasteiger partial charge on any atom is -0.468 e. The lowest BCUT2D eigenvalue weighted by atomic mass is 9.90. The molecule has 0 aliphatic carbocycles. The van der Waals surface area contributed by atoms with E-state index in [1.807, 2.05) is 6.92 Å². The number of carbonyl (C=O) groups excluding carboxylic acids is 1. The van der Waals surface area contributed by atoms with Gasteiger partial charge in [-0.1, -0.05) is 30.3 Å². The lowest BCUT2D eigenvalue weighted by Gasteiger charge is -2.28. The fourth-order valence-corrected chi connectivity index (χ4v) is 4.08. The molecular formula is C17H24N2O2. The van der Waals surface area contributed by atoms with Crippen molar-refractivity contribution >= 4 is 5.97 Å². The third kappa shape index (κ3) is 2.58. The number of benzene rings is 1. The molecular weight excluding hydrogens is 264 g/mol. The number of fused-ring (bicyclic) bond motifs is 1. The molecule has 21 heavy (non-hydrogen) atoms. The molecule has 0 saturated carbocycles. The Morgan fingerprint density at radius 3 is 2.62 bits per heavy atom. The van der Waals surface area contributed by atoms with E-state index in [2.05, 4.69) is 47.2 Å². The molecule has 1 aromatic carbocycles. The second kappa shape index (κ2) is 5.78. The highest BCUT2D eigenvalue weighted by Gasteiger charge is 2.47. The largest absolute Gasteiger partial charge is 0.468 e. The van der Waals surface area contributed by atoms with Crippen LogP contribution in [-0.4, -0.2) is 55.6 Å². The van der Waals surface area contributed by atoms with Crippen LogP contribution in [0.3, 0.4) is 0 Å². The molecule has 0 spiro atoms. The van der Waals surface area contributed by atoms with Gasteiger partial charge in [0.1, 0.15) is 6.04 Å².